The zero-order valence-electron chi connectivity index (χ0n) is 20.9. The molecule has 1 aliphatic carbocycles. The quantitative estimate of drug-likeness (QED) is 0.367. The van der Waals surface area contributed by atoms with Crippen LogP contribution in [-0.4, -0.2) is 74.3 Å². The van der Waals surface area contributed by atoms with E-state index in [0.717, 1.165) is 28.3 Å². The molecule has 1 amide bonds. The Hall–Kier alpha value is -3.25. The van der Waals surface area contributed by atoms with E-state index >= 15 is 0 Å². The summed E-state index contributed by atoms with van der Waals surface area (Å²) < 4.78 is 42.7. The van der Waals surface area contributed by atoms with Gasteiger partial charge in [-0.1, -0.05) is 54.6 Å². The molecule has 0 unspecified atom stereocenters. The van der Waals surface area contributed by atoms with Crippen LogP contribution in [0.5, 0.6) is 0 Å². The van der Waals surface area contributed by atoms with E-state index in [1.54, 1.807) is 4.90 Å². The van der Waals surface area contributed by atoms with Gasteiger partial charge in [0.15, 0.2) is 0 Å². The highest BCUT2D eigenvalue weighted by molar-refractivity contribution is 7.86. The van der Waals surface area contributed by atoms with Crippen molar-refractivity contribution in [1.29, 1.82) is 0 Å². The fourth-order valence-electron chi connectivity index (χ4n) is 5.35. The minimum atomic E-state index is -5.03. The van der Waals surface area contributed by atoms with E-state index < -0.39 is 22.2 Å². The molecule has 0 spiro atoms. The minimum Gasteiger partial charge on any atom is -0.448 e. The number of halogens is 1. The van der Waals surface area contributed by atoms with Crippen LogP contribution in [0, 0.1) is 6.92 Å². The van der Waals surface area contributed by atoms with Gasteiger partial charge in [0.2, 0.25) is 0 Å². The predicted octanol–water partition coefficient (Wildman–Crippen LogP) is 2.40. The number of benzene rings is 3. The summed E-state index contributed by atoms with van der Waals surface area (Å²) in [6, 6.07) is 18.7. The topological polar surface area (TPSA) is 107 Å². The Morgan fingerprint density at radius 2 is 1.58 bits per heavy atom. The summed E-state index contributed by atoms with van der Waals surface area (Å²) >= 11 is 0. The van der Waals surface area contributed by atoms with Crippen molar-refractivity contribution >= 4 is 28.9 Å². The van der Waals surface area contributed by atoms with E-state index in [1.165, 1.54) is 13.0 Å². The first-order valence-corrected chi connectivity index (χ1v) is 13.8. The lowest BCUT2D eigenvalue weighted by atomic mass is 9.79. The number of hydrogen-bond donors (Lipinski definition) is 2. The van der Waals surface area contributed by atoms with Crippen molar-refractivity contribution in [3.63, 3.8) is 0 Å². The lowest BCUT2D eigenvalue weighted by molar-refractivity contribution is 0.0728. The fraction of sp³-hybridized carbons (Fsp3) is 0.296. The van der Waals surface area contributed by atoms with Crippen molar-refractivity contribution < 1.29 is 31.9 Å². The number of nitrogens with zero attached hydrogens (tertiary/aromatic N) is 2. The molecule has 3 aromatic carbocycles. The molecule has 2 aliphatic rings. The molecule has 8 nitrogen and oxygen atoms in total. The summed E-state index contributed by atoms with van der Waals surface area (Å²) in [4.78, 5) is 16.0. The zero-order valence-corrected chi connectivity index (χ0v) is 21.7. The highest BCUT2D eigenvalue weighted by atomic mass is 32.3. The molecule has 0 bridgehead atoms. The second kappa shape index (κ2) is 10.5. The Balaban J connectivity index is 1.21. The van der Waals surface area contributed by atoms with Crippen molar-refractivity contribution in [1.82, 2.24) is 9.80 Å². The smallest absolute Gasteiger partial charge is 0.448 e. The van der Waals surface area contributed by atoms with E-state index in [4.69, 9.17) is 4.74 Å². The number of piperazine rings is 1. The first-order chi connectivity index (χ1) is 18.1. The molecule has 0 saturated carbocycles. The summed E-state index contributed by atoms with van der Waals surface area (Å²) in [6.07, 6.45) is -0.390. The van der Waals surface area contributed by atoms with Crippen molar-refractivity contribution in [2.75, 3.05) is 32.8 Å². The number of rotatable bonds is 6. The molecule has 5 rings (SSSR count). The van der Waals surface area contributed by atoms with Gasteiger partial charge in [-0.25, -0.2) is 4.79 Å². The predicted molar refractivity (Wildman–Crippen MR) is 141 cm³/mol. The van der Waals surface area contributed by atoms with Crippen LogP contribution in [0.3, 0.4) is 0 Å². The highest BCUT2D eigenvalue weighted by Crippen LogP contribution is 2.44. The standard InChI is InChI=1S/C27H28BFN2O6S/c1-18-19(14-20(28(33)34)15-26(18)38(29,35)36)16-30-10-12-31(13-11-30)27(32)37-17-25-23-8-4-2-6-21(23)22-7-3-5-9-24(22)25/h2-9,14-15,25,33-34H,10-13,16-17H2,1H3. The van der Waals surface area contributed by atoms with Crippen LogP contribution >= 0.6 is 0 Å². The maximum absolute atomic E-state index is 13.8. The third-order valence-corrected chi connectivity index (χ3v) is 8.36. The molecule has 1 aliphatic heterocycles. The number of amides is 1. The Morgan fingerprint density at radius 3 is 2.13 bits per heavy atom. The Labute approximate surface area is 221 Å². The van der Waals surface area contributed by atoms with E-state index in [-0.39, 0.29) is 36.2 Å². The number of carbonyl (C=O) groups is 1. The van der Waals surface area contributed by atoms with Crippen molar-refractivity contribution in [3.05, 3.63) is 82.9 Å². The van der Waals surface area contributed by atoms with E-state index in [2.05, 4.69) is 24.3 Å². The first kappa shape index (κ1) is 26.4. The SMILES string of the molecule is Cc1c(CN2CCN(C(=O)OCC3c4ccccc4-c4ccccc43)CC2)cc(B(O)O)cc1S(=O)(=O)F. The molecule has 11 heteroatoms. The van der Waals surface area contributed by atoms with Crippen LogP contribution in [0.25, 0.3) is 11.1 Å². The van der Waals surface area contributed by atoms with Gasteiger partial charge in [-0.2, -0.15) is 8.42 Å². The second-order valence-electron chi connectivity index (χ2n) is 9.68. The summed E-state index contributed by atoms with van der Waals surface area (Å²) in [5, 5.41) is 19.1. The molecule has 0 radical (unpaired) electrons. The van der Waals surface area contributed by atoms with Gasteiger partial charge in [-0.3, -0.25) is 4.90 Å². The van der Waals surface area contributed by atoms with Crippen LogP contribution in [0.1, 0.15) is 28.2 Å². The number of ether oxygens (including phenoxy) is 1. The highest BCUT2D eigenvalue weighted by Gasteiger charge is 2.31. The summed E-state index contributed by atoms with van der Waals surface area (Å²) in [7, 11) is -6.96. The molecule has 1 saturated heterocycles. The maximum atomic E-state index is 13.8. The third-order valence-electron chi connectivity index (χ3n) is 7.41. The van der Waals surface area contributed by atoms with Gasteiger partial charge < -0.3 is 19.7 Å². The van der Waals surface area contributed by atoms with E-state index in [0.29, 0.717) is 31.7 Å². The molecule has 38 heavy (non-hydrogen) atoms. The fourth-order valence-corrected chi connectivity index (χ4v) is 6.12. The Morgan fingerprint density at radius 1 is 1.00 bits per heavy atom. The van der Waals surface area contributed by atoms with E-state index in [1.807, 2.05) is 29.2 Å². The molecule has 1 fully saturated rings. The molecule has 0 aromatic heterocycles. The molecule has 3 aromatic rings. The molecular formula is C27H28BFN2O6S. The third kappa shape index (κ3) is 5.19. The zero-order chi connectivity index (χ0) is 27.0. The summed E-state index contributed by atoms with van der Waals surface area (Å²) in [5.74, 6) is -0.0225. The van der Waals surface area contributed by atoms with Crippen LogP contribution in [-0.2, 0) is 21.5 Å². The van der Waals surface area contributed by atoms with Gasteiger partial charge in [0.25, 0.3) is 0 Å². The minimum absolute atomic E-state index is 0.0225. The molecule has 0 atom stereocenters. The average molecular weight is 538 g/mol. The van der Waals surface area contributed by atoms with Crippen LogP contribution in [0.2, 0.25) is 0 Å². The number of fused-ring (bicyclic) bond motifs is 3. The molecule has 198 valence electrons. The number of hydrogen-bond acceptors (Lipinski definition) is 7. The maximum Gasteiger partial charge on any atom is 0.488 e. The summed E-state index contributed by atoms with van der Waals surface area (Å²) in [5.41, 5.74) is 5.21. The van der Waals surface area contributed by atoms with Crippen molar-refractivity contribution in [2.45, 2.75) is 24.3 Å². The van der Waals surface area contributed by atoms with Crippen molar-refractivity contribution in [3.8, 4) is 11.1 Å². The van der Waals surface area contributed by atoms with Gasteiger partial charge in [0.05, 0.1) is 0 Å². The normalized spacial score (nSPS) is 15.7. The van der Waals surface area contributed by atoms with Crippen LogP contribution in [0.4, 0.5) is 8.68 Å². The average Bonchev–Trinajstić information content (AvgIpc) is 3.21. The first-order valence-electron chi connectivity index (χ1n) is 12.4. The number of carbonyl (C=O) groups excluding carboxylic acids is 1. The van der Waals surface area contributed by atoms with Gasteiger partial charge in [0, 0.05) is 38.6 Å². The Kier molecular flexibility index (Phi) is 7.28. The van der Waals surface area contributed by atoms with Crippen LogP contribution in [0.15, 0.2) is 65.6 Å². The van der Waals surface area contributed by atoms with Gasteiger partial charge >= 0.3 is 23.4 Å². The molecule has 1 heterocycles. The Bertz CT molecular complexity index is 1430. The molecular weight excluding hydrogens is 510 g/mol. The lowest BCUT2D eigenvalue weighted by Crippen LogP contribution is -2.48. The van der Waals surface area contributed by atoms with E-state index in [9.17, 15) is 27.1 Å². The summed E-state index contributed by atoms with van der Waals surface area (Å²) in [6.45, 7) is 3.80. The monoisotopic (exact) mass is 538 g/mol. The molecule has 2 N–H and O–H groups in total. The second-order valence-corrected chi connectivity index (χ2v) is 11.0. The van der Waals surface area contributed by atoms with Gasteiger partial charge in [0.1, 0.15) is 11.5 Å². The van der Waals surface area contributed by atoms with Gasteiger partial charge in [-0.05, 0) is 51.8 Å². The lowest BCUT2D eigenvalue weighted by Gasteiger charge is -2.34. The van der Waals surface area contributed by atoms with Gasteiger partial charge in [-0.15, -0.1) is 3.89 Å². The van der Waals surface area contributed by atoms with Crippen LogP contribution < -0.4 is 5.46 Å². The largest absolute Gasteiger partial charge is 0.488 e. The van der Waals surface area contributed by atoms with Crippen molar-refractivity contribution in [2.24, 2.45) is 0 Å².